The molecule has 128 valence electrons. The molecule has 0 spiro atoms. The molecule has 1 N–H and O–H groups in total. The fourth-order valence-electron chi connectivity index (χ4n) is 3.99. The number of carbonyl (C=O) groups excluding carboxylic acids is 1. The van der Waals surface area contributed by atoms with Crippen molar-refractivity contribution in [3.05, 3.63) is 76.1 Å². The van der Waals surface area contributed by atoms with Crippen molar-refractivity contribution in [2.24, 2.45) is 5.92 Å². The molecule has 2 aromatic rings. The summed E-state index contributed by atoms with van der Waals surface area (Å²) in [6.07, 6.45) is 5.07. The van der Waals surface area contributed by atoms with E-state index in [1.807, 2.05) is 6.07 Å². The molecular formula is C20H17ClFNO2. The monoisotopic (exact) mass is 357 g/mol. The van der Waals surface area contributed by atoms with Gasteiger partial charge in [-0.05, 0) is 47.7 Å². The molecule has 0 saturated carbocycles. The van der Waals surface area contributed by atoms with Crippen LogP contribution < -0.4 is 5.32 Å². The zero-order valence-electron chi connectivity index (χ0n) is 13.6. The first-order valence-electron chi connectivity index (χ1n) is 8.19. The quantitative estimate of drug-likeness (QED) is 0.600. The number of nitrogens with one attached hydrogen (secondary N) is 1. The number of methoxy groups -OCH3 is 1. The molecule has 2 aromatic carbocycles. The van der Waals surface area contributed by atoms with Crippen LogP contribution in [-0.2, 0) is 4.74 Å². The highest BCUT2D eigenvalue weighted by Crippen LogP contribution is 2.52. The molecule has 1 aliphatic carbocycles. The molecule has 5 heteroatoms. The Hall–Kier alpha value is -2.33. The fourth-order valence-corrected chi connectivity index (χ4v) is 4.21. The Kier molecular flexibility index (Phi) is 4.00. The van der Waals surface area contributed by atoms with Crippen molar-refractivity contribution in [2.75, 3.05) is 12.4 Å². The van der Waals surface area contributed by atoms with E-state index in [0.29, 0.717) is 10.6 Å². The van der Waals surface area contributed by atoms with Crippen LogP contribution in [0.5, 0.6) is 0 Å². The highest BCUT2D eigenvalue weighted by atomic mass is 35.5. The van der Waals surface area contributed by atoms with E-state index < -0.39 is 0 Å². The van der Waals surface area contributed by atoms with E-state index in [0.717, 1.165) is 23.2 Å². The van der Waals surface area contributed by atoms with Crippen molar-refractivity contribution in [3.8, 4) is 0 Å². The van der Waals surface area contributed by atoms with Crippen LogP contribution in [0.2, 0.25) is 5.02 Å². The maximum atomic E-state index is 13.7. The summed E-state index contributed by atoms with van der Waals surface area (Å²) in [6.45, 7) is 0. The Bertz CT molecular complexity index is 880. The smallest absolute Gasteiger partial charge is 0.338 e. The lowest BCUT2D eigenvalue weighted by Gasteiger charge is -2.38. The molecule has 0 aromatic heterocycles. The number of rotatable bonds is 2. The molecule has 0 radical (unpaired) electrons. The number of fused-ring (bicyclic) bond motifs is 3. The highest BCUT2D eigenvalue weighted by Gasteiger charge is 2.41. The lowest BCUT2D eigenvalue weighted by Crippen LogP contribution is -2.30. The van der Waals surface area contributed by atoms with E-state index in [4.69, 9.17) is 16.3 Å². The molecular weight excluding hydrogens is 341 g/mol. The van der Waals surface area contributed by atoms with E-state index in [2.05, 4.69) is 17.5 Å². The Morgan fingerprint density at radius 1 is 1.32 bits per heavy atom. The molecule has 2 aliphatic rings. The lowest BCUT2D eigenvalue weighted by molar-refractivity contribution is 0.0598. The highest BCUT2D eigenvalue weighted by molar-refractivity contribution is 6.33. The van der Waals surface area contributed by atoms with Gasteiger partial charge in [-0.1, -0.05) is 35.9 Å². The van der Waals surface area contributed by atoms with Crippen LogP contribution in [0.25, 0.3) is 0 Å². The van der Waals surface area contributed by atoms with Gasteiger partial charge in [0.25, 0.3) is 0 Å². The van der Waals surface area contributed by atoms with Crippen molar-refractivity contribution in [1.82, 2.24) is 0 Å². The second-order valence-corrected chi connectivity index (χ2v) is 6.81. The van der Waals surface area contributed by atoms with Gasteiger partial charge in [-0.15, -0.1) is 0 Å². The summed E-state index contributed by atoms with van der Waals surface area (Å²) in [5.74, 6) is -0.409. The third kappa shape index (κ3) is 2.61. The molecule has 0 fully saturated rings. The van der Waals surface area contributed by atoms with E-state index >= 15 is 0 Å². The number of carbonyl (C=O) groups is 1. The van der Waals surface area contributed by atoms with E-state index in [1.165, 1.54) is 13.2 Å². The zero-order chi connectivity index (χ0) is 17.6. The standard InChI is InChI=1S/C20H17ClFNO2/c1-25-20(24)15-8-9-16(21)19-17(15)13-6-3-7-14(13)18(23-19)11-4-2-5-12(22)10-11/h2-6,8-10,13-14,18,23H,7H2,1H3/t13-,14+,18-/m1/s1. The number of hydrogen-bond acceptors (Lipinski definition) is 3. The SMILES string of the molecule is COC(=O)c1ccc(Cl)c2c1[C@@H]1C=CC[C@@H]1[C@@H](c1cccc(F)c1)N2. The van der Waals surface area contributed by atoms with Gasteiger partial charge in [-0.3, -0.25) is 0 Å². The average molecular weight is 358 g/mol. The largest absolute Gasteiger partial charge is 0.465 e. The lowest BCUT2D eigenvalue weighted by atomic mass is 9.75. The number of hydrogen-bond donors (Lipinski definition) is 1. The molecule has 0 saturated heterocycles. The predicted octanol–water partition coefficient (Wildman–Crippen LogP) is 5.09. The number of allylic oxidation sites excluding steroid dienone is 2. The zero-order valence-corrected chi connectivity index (χ0v) is 14.4. The van der Waals surface area contributed by atoms with Gasteiger partial charge < -0.3 is 10.1 Å². The summed E-state index contributed by atoms with van der Waals surface area (Å²) in [5.41, 5.74) is 3.00. The summed E-state index contributed by atoms with van der Waals surface area (Å²) < 4.78 is 18.7. The molecule has 25 heavy (non-hydrogen) atoms. The van der Waals surface area contributed by atoms with Gasteiger partial charge in [0.1, 0.15) is 5.82 Å². The normalized spacial score (nSPS) is 23.6. The summed E-state index contributed by atoms with van der Waals surface area (Å²) in [6, 6.07) is 9.95. The van der Waals surface area contributed by atoms with E-state index in [1.54, 1.807) is 24.3 Å². The van der Waals surface area contributed by atoms with Crippen LogP contribution >= 0.6 is 11.6 Å². The summed E-state index contributed by atoms with van der Waals surface area (Å²) >= 11 is 6.42. The van der Waals surface area contributed by atoms with Crippen molar-refractivity contribution in [3.63, 3.8) is 0 Å². The maximum Gasteiger partial charge on any atom is 0.338 e. The predicted molar refractivity (Wildman–Crippen MR) is 95.5 cm³/mol. The Labute approximate surface area is 150 Å². The first-order valence-corrected chi connectivity index (χ1v) is 8.57. The molecule has 0 unspecified atom stereocenters. The van der Waals surface area contributed by atoms with Crippen molar-refractivity contribution in [1.29, 1.82) is 0 Å². The van der Waals surface area contributed by atoms with Crippen LogP contribution in [0.15, 0.2) is 48.6 Å². The number of anilines is 1. The molecule has 3 nitrogen and oxygen atoms in total. The first-order chi connectivity index (χ1) is 12.1. The van der Waals surface area contributed by atoms with Crippen LogP contribution in [0.1, 0.15) is 39.9 Å². The van der Waals surface area contributed by atoms with E-state index in [-0.39, 0.29) is 29.7 Å². The maximum absolute atomic E-state index is 13.7. The van der Waals surface area contributed by atoms with Gasteiger partial charge >= 0.3 is 5.97 Å². The van der Waals surface area contributed by atoms with E-state index in [9.17, 15) is 9.18 Å². The van der Waals surface area contributed by atoms with Gasteiger partial charge in [0, 0.05) is 5.92 Å². The minimum absolute atomic E-state index is 0.0392. The fraction of sp³-hybridized carbons (Fsp3) is 0.250. The molecule has 0 amide bonds. The Morgan fingerprint density at radius 3 is 2.92 bits per heavy atom. The molecule has 3 atom stereocenters. The molecule has 4 rings (SSSR count). The number of benzene rings is 2. The van der Waals surface area contributed by atoms with Crippen LogP contribution in [0.3, 0.4) is 0 Å². The Morgan fingerprint density at radius 2 is 2.16 bits per heavy atom. The molecule has 1 aliphatic heterocycles. The number of esters is 1. The second kappa shape index (κ2) is 6.19. The minimum atomic E-state index is -0.377. The topological polar surface area (TPSA) is 38.3 Å². The van der Waals surface area contributed by atoms with Gasteiger partial charge in [0.05, 0.1) is 29.4 Å². The summed E-state index contributed by atoms with van der Waals surface area (Å²) in [7, 11) is 1.37. The second-order valence-electron chi connectivity index (χ2n) is 6.41. The molecule has 1 heterocycles. The first kappa shape index (κ1) is 16.2. The van der Waals surface area contributed by atoms with Gasteiger partial charge in [0.2, 0.25) is 0 Å². The van der Waals surface area contributed by atoms with Crippen molar-refractivity contribution in [2.45, 2.75) is 18.4 Å². The number of halogens is 2. The van der Waals surface area contributed by atoms with Gasteiger partial charge in [-0.25, -0.2) is 9.18 Å². The summed E-state index contributed by atoms with van der Waals surface area (Å²) in [5, 5.41) is 4.00. The Balaban J connectivity index is 1.87. The number of ether oxygens (including phenoxy) is 1. The summed E-state index contributed by atoms with van der Waals surface area (Å²) in [4.78, 5) is 12.2. The van der Waals surface area contributed by atoms with Crippen LogP contribution in [0.4, 0.5) is 10.1 Å². The van der Waals surface area contributed by atoms with Crippen molar-refractivity contribution >= 4 is 23.3 Å². The van der Waals surface area contributed by atoms with Crippen LogP contribution in [-0.4, -0.2) is 13.1 Å². The van der Waals surface area contributed by atoms with Gasteiger partial charge in [0.15, 0.2) is 0 Å². The molecule has 0 bridgehead atoms. The van der Waals surface area contributed by atoms with Crippen molar-refractivity contribution < 1.29 is 13.9 Å². The average Bonchev–Trinajstić information content (AvgIpc) is 3.10. The third-order valence-electron chi connectivity index (χ3n) is 5.08. The minimum Gasteiger partial charge on any atom is -0.465 e. The van der Waals surface area contributed by atoms with Crippen LogP contribution in [0, 0.1) is 11.7 Å². The third-order valence-corrected chi connectivity index (χ3v) is 5.40. The van der Waals surface area contributed by atoms with Gasteiger partial charge in [-0.2, -0.15) is 0 Å².